The molecule has 0 spiro atoms. The molecule has 2 atom stereocenters. The van der Waals surface area contributed by atoms with Crippen molar-refractivity contribution in [2.75, 3.05) is 23.8 Å². The number of anilines is 2. The van der Waals surface area contributed by atoms with Crippen LogP contribution in [-0.4, -0.2) is 29.7 Å². The Bertz CT molecular complexity index is 728. The van der Waals surface area contributed by atoms with Crippen molar-refractivity contribution in [3.05, 3.63) is 59.7 Å². The average molecular weight is 339 g/mol. The molecule has 3 rings (SSSR count). The highest BCUT2D eigenvalue weighted by Gasteiger charge is 2.49. The monoisotopic (exact) mass is 339 g/mol. The van der Waals surface area contributed by atoms with Crippen molar-refractivity contribution in [1.82, 2.24) is 0 Å². The molecule has 0 unspecified atom stereocenters. The van der Waals surface area contributed by atoms with Crippen molar-refractivity contribution < 1.29 is 9.90 Å². The molecule has 25 heavy (non-hydrogen) atoms. The van der Waals surface area contributed by atoms with Crippen LogP contribution in [-0.2, 0) is 0 Å². The summed E-state index contributed by atoms with van der Waals surface area (Å²) in [7, 11) is 0. The van der Waals surface area contributed by atoms with Crippen molar-refractivity contribution in [3.8, 4) is 0 Å². The summed E-state index contributed by atoms with van der Waals surface area (Å²) in [6.07, 6.45) is 2.02. The van der Waals surface area contributed by atoms with Gasteiger partial charge in [0.05, 0.1) is 6.61 Å². The molecule has 0 saturated heterocycles. The molecule has 1 amide bonds. The lowest BCUT2D eigenvalue weighted by atomic mass is 10.0. The fourth-order valence-corrected chi connectivity index (χ4v) is 3.10. The maximum atomic E-state index is 12.3. The highest BCUT2D eigenvalue weighted by Crippen LogP contribution is 2.51. The number of rotatable bonds is 7. The third-order valence-corrected chi connectivity index (χ3v) is 4.94. The first-order valence-corrected chi connectivity index (χ1v) is 8.71. The summed E-state index contributed by atoms with van der Waals surface area (Å²) in [6, 6.07) is 15.1. The summed E-state index contributed by atoms with van der Waals surface area (Å²) < 4.78 is 0. The second kappa shape index (κ2) is 7.25. The lowest BCUT2D eigenvalue weighted by molar-refractivity contribution is 0.102. The van der Waals surface area contributed by atoms with E-state index in [1.165, 1.54) is 5.56 Å². The van der Waals surface area contributed by atoms with Gasteiger partial charge in [-0.2, -0.15) is 0 Å². The number of carbonyl (C=O) groups is 1. The van der Waals surface area contributed by atoms with Crippen LogP contribution in [0.4, 0.5) is 11.4 Å². The lowest BCUT2D eigenvalue weighted by Gasteiger charge is -2.10. The molecule has 0 radical (unpaired) electrons. The van der Waals surface area contributed by atoms with Crippen LogP contribution in [0.3, 0.4) is 0 Å². The van der Waals surface area contributed by atoms with Gasteiger partial charge in [0.1, 0.15) is 0 Å². The Morgan fingerprint density at radius 1 is 1.16 bits per heavy atom. The van der Waals surface area contributed by atoms with E-state index in [0.29, 0.717) is 18.0 Å². The van der Waals surface area contributed by atoms with Gasteiger partial charge in [0.25, 0.3) is 5.91 Å². The van der Waals surface area contributed by atoms with Crippen LogP contribution in [0.5, 0.6) is 0 Å². The molecule has 132 valence electrons. The van der Waals surface area contributed by atoms with Crippen LogP contribution in [0, 0.1) is 0 Å². The van der Waals surface area contributed by atoms with Crippen LogP contribution < -0.4 is 16.4 Å². The number of benzene rings is 2. The van der Waals surface area contributed by atoms with Crippen LogP contribution >= 0.6 is 0 Å². The van der Waals surface area contributed by atoms with E-state index < -0.39 is 0 Å². The van der Waals surface area contributed by atoms with E-state index in [9.17, 15) is 4.79 Å². The van der Waals surface area contributed by atoms with Gasteiger partial charge in [-0.1, -0.05) is 19.1 Å². The van der Waals surface area contributed by atoms with Crippen LogP contribution in [0.1, 0.15) is 41.6 Å². The topological polar surface area (TPSA) is 87.4 Å². The molecule has 0 heterocycles. The van der Waals surface area contributed by atoms with E-state index in [-0.39, 0.29) is 18.1 Å². The number of aliphatic hydroxyl groups excluding tert-OH is 1. The molecule has 2 aromatic carbocycles. The quantitative estimate of drug-likeness (QED) is 0.625. The van der Waals surface area contributed by atoms with Gasteiger partial charge in [0.15, 0.2) is 0 Å². The second-order valence-electron chi connectivity index (χ2n) is 6.65. The van der Waals surface area contributed by atoms with E-state index in [1.54, 1.807) is 12.1 Å². The van der Waals surface area contributed by atoms with Crippen molar-refractivity contribution in [3.63, 3.8) is 0 Å². The molecule has 1 aliphatic carbocycles. The van der Waals surface area contributed by atoms with Crippen molar-refractivity contribution in [2.45, 2.75) is 31.2 Å². The maximum Gasteiger partial charge on any atom is 0.255 e. The maximum absolute atomic E-state index is 12.3. The third kappa shape index (κ3) is 4.00. The average Bonchev–Trinajstić information content (AvgIpc) is 3.33. The molecule has 1 aliphatic rings. The number of nitrogens with one attached hydrogen (secondary N) is 2. The molecular formula is C20H25N3O2. The Morgan fingerprint density at radius 3 is 2.36 bits per heavy atom. The standard InChI is InChI=1S/C20H25N3O2/c1-2-20(21)13-18(20)14-3-9-17(10-4-14)23-19(25)15-5-7-16(8-6-15)22-11-12-24/h3-10,18,22,24H,2,11-13,21H2,1H3,(H,23,25)/t18-,20+/m0/s1. The van der Waals surface area contributed by atoms with Gasteiger partial charge in [-0.15, -0.1) is 0 Å². The predicted molar refractivity (Wildman–Crippen MR) is 101 cm³/mol. The molecule has 0 aliphatic heterocycles. The Morgan fingerprint density at radius 2 is 1.80 bits per heavy atom. The molecule has 2 aromatic rings. The van der Waals surface area contributed by atoms with E-state index in [1.807, 2.05) is 36.4 Å². The minimum atomic E-state index is -0.144. The van der Waals surface area contributed by atoms with Crippen LogP contribution in [0.2, 0.25) is 0 Å². The smallest absolute Gasteiger partial charge is 0.255 e. The molecule has 1 fully saturated rings. The first-order valence-electron chi connectivity index (χ1n) is 8.71. The highest BCUT2D eigenvalue weighted by molar-refractivity contribution is 6.04. The lowest BCUT2D eigenvalue weighted by Crippen LogP contribution is -2.22. The Balaban J connectivity index is 1.59. The number of hydrogen-bond acceptors (Lipinski definition) is 4. The number of hydrogen-bond donors (Lipinski definition) is 4. The summed E-state index contributed by atoms with van der Waals surface area (Å²) in [4.78, 5) is 12.3. The van der Waals surface area contributed by atoms with Crippen LogP contribution in [0.25, 0.3) is 0 Å². The minimum absolute atomic E-state index is 0.0451. The zero-order valence-corrected chi connectivity index (χ0v) is 14.5. The number of aliphatic hydroxyl groups is 1. The summed E-state index contributed by atoms with van der Waals surface area (Å²) in [5.74, 6) is 0.288. The van der Waals surface area contributed by atoms with E-state index in [4.69, 9.17) is 10.8 Å². The Labute approximate surface area is 148 Å². The Kier molecular flexibility index (Phi) is 5.06. The van der Waals surface area contributed by atoms with Crippen molar-refractivity contribution >= 4 is 17.3 Å². The van der Waals surface area contributed by atoms with Gasteiger partial charge in [-0.3, -0.25) is 4.79 Å². The van der Waals surface area contributed by atoms with Gasteiger partial charge in [-0.05, 0) is 54.8 Å². The zero-order valence-electron chi connectivity index (χ0n) is 14.5. The number of amides is 1. The molecular weight excluding hydrogens is 314 g/mol. The van der Waals surface area contributed by atoms with E-state index >= 15 is 0 Å². The SMILES string of the molecule is CC[C@@]1(N)C[C@H]1c1ccc(NC(=O)c2ccc(NCCO)cc2)cc1. The summed E-state index contributed by atoms with van der Waals surface area (Å²) >= 11 is 0. The van der Waals surface area contributed by atoms with Gasteiger partial charge < -0.3 is 21.5 Å². The molecule has 1 saturated carbocycles. The predicted octanol–water partition coefficient (Wildman–Crippen LogP) is 2.94. The first kappa shape index (κ1) is 17.5. The number of carbonyl (C=O) groups excluding carboxylic acids is 1. The summed E-state index contributed by atoms with van der Waals surface area (Å²) in [6.45, 7) is 2.68. The molecule has 5 nitrogen and oxygen atoms in total. The van der Waals surface area contributed by atoms with Crippen molar-refractivity contribution in [2.24, 2.45) is 5.73 Å². The Hall–Kier alpha value is -2.37. The molecule has 0 aromatic heterocycles. The van der Waals surface area contributed by atoms with Crippen LogP contribution in [0.15, 0.2) is 48.5 Å². The van der Waals surface area contributed by atoms with Gasteiger partial charge in [0.2, 0.25) is 0 Å². The first-order chi connectivity index (χ1) is 12.1. The fourth-order valence-electron chi connectivity index (χ4n) is 3.10. The minimum Gasteiger partial charge on any atom is -0.395 e. The summed E-state index contributed by atoms with van der Waals surface area (Å²) in [5.41, 5.74) is 9.70. The molecule has 5 heteroatoms. The normalized spacial score (nSPS) is 21.6. The fraction of sp³-hybridized carbons (Fsp3) is 0.350. The van der Waals surface area contributed by atoms with Gasteiger partial charge in [0, 0.05) is 34.9 Å². The zero-order chi connectivity index (χ0) is 17.9. The van der Waals surface area contributed by atoms with E-state index in [2.05, 4.69) is 17.6 Å². The third-order valence-electron chi connectivity index (χ3n) is 4.94. The largest absolute Gasteiger partial charge is 0.395 e. The van der Waals surface area contributed by atoms with Gasteiger partial charge in [-0.25, -0.2) is 0 Å². The van der Waals surface area contributed by atoms with E-state index in [0.717, 1.165) is 24.2 Å². The second-order valence-corrected chi connectivity index (χ2v) is 6.65. The molecule has 0 bridgehead atoms. The highest BCUT2D eigenvalue weighted by atomic mass is 16.3. The molecule has 5 N–H and O–H groups in total. The van der Waals surface area contributed by atoms with Gasteiger partial charge >= 0.3 is 0 Å². The van der Waals surface area contributed by atoms with Crippen molar-refractivity contribution in [1.29, 1.82) is 0 Å². The summed E-state index contributed by atoms with van der Waals surface area (Å²) in [5, 5.41) is 14.8. The number of nitrogens with two attached hydrogens (primary N) is 1.